The highest BCUT2D eigenvalue weighted by Crippen LogP contribution is 2.30. The molecular formula is C19H19FN4O2. The van der Waals surface area contributed by atoms with Gasteiger partial charge in [0.2, 0.25) is 0 Å². The molecule has 0 atom stereocenters. The third kappa shape index (κ3) is 2.75. The number of fused-ring (bicyclic) bond motifs is 3. The second-order valence-electron chi connectivity index (χ2n) is 6.46. The largest absolute Gasteiger partial charge is 0.341 e. The summed E-state index contributed by atoms with van der Waals surface area (Å²) in [5, 5.41) is 14.6. The summed E-state index contributed by atoms with van der Waals surface area (Å²) in [7, 11) is 1.87. The fourth-order valence-electron chi connectivity index (χ4n) is 3.55. The molecule has 1 aliphatic heterocycles. The molecule has 0 radical (unpaired) electrons. The van der Waals surface area contributed by atoms with Crippen LogP contribution in [0, 0.1) is 5.82 Å². The molecule has 26 heavy (non-hydrogen) atoms. The molecule has 4 rings (SSSR count). The predicted molar refractivity (Wildman–Crippen MR) is 94.5 cm³/mol. The minimum atomic E-state index is -0.463. The zero-order valence-corrected chi connectivity index (χ0v) is 14.4. The molecule has 2 N–H and O–H groups in total. The monoisotopic (exact) mass is 354 g/mol. The normalized spacial score (nSPS) is 14.1. The van der Waals surface area contributed by atoms with Gasteiger partial charge in [0.15, 0.2) is 0 Å². The molecule has 7 heteroatoms. The van der Waals surface area contributed by atoms with E-state index >= 15 is 0 Å². The van der Waals surface area contributed by atoms with Crippen LogP contribution < -0.4 is 5.32 Å². The first-order valence-corrected chi connectivity index (χ1v) is 8.48. The Labute approximate surface area is 149 Å². The standard InChI is InChI=1S/C19H19FN4O2/c1-21-8-13-11-23(10-12-2-4-14(20)5-3-12)16-9-22-18-15(17(13)16)6-7-24(26)19(18)25/h2-5,9,11,21,26H,6-8,10H2,1H3. The van der Waals surface area contributed by atoms with Crippen LogP contribution in [0.1, 0.15) is 27.2 Å². The number of hydrogen-bond acceptors (Lipinski definition) is 4. The van der Waals surface area contributed by atoms with E-state index in [1.807, 2.05) is 13.2 Å². The molecule has 1 aliphatic rings. The number of amides is 1. The Morgan fingerprint density at radius 1 is 1.31 bits per heavy atom. The number of carbonyl (C=O) groups is 1. The van der Waals surface area contributed by atoms with Crippen molar-refractivity contribution in [1.82, 2.24) is 19.9 Å². The highest BCUT2D eigenvalue weighted by molar-refractivity contribution is 6.00. The van der Waals surface area contributed by atoms with Crippen LogP contribution in [-0.2, 0) is 19.5 Å². The van der Waals surface area contributed by atoms with Crippen molar-refractivity contribution in [2.75, 3.05) is 13.6 Å². The number of aromatic nitrogens is 2. The number of nitrogens with one attached hydrogen (secondary N) is 1. The Morgan fingerprint density at radius 3 is 2.81 bits per heavy atom. The molecule has 0 saturated heterocycles. The molecule has 0 fully saturated rings. The summed E-state index contributed by atoms with van der Waals surface area (Å²) in [6, 6.07) is 6.42. The van der Waals surface area contributed by atoms with Crippen LogP contribution in [-0.4, -0.2) is 39.3 Å². The molecular weight excluding hydrogens is 335 g/mol. The lowest BCUT2D eigenvalue weighted by atomic mass is 9.99. The zero-order chi connectivity index (χ0) is 18.3. The number of hydrogen-bond donors (Lipinski definition) is 2. The lowest BCUT2D eigenvalue weighted by Crippen LogP contribution is -2.35. The van der Waals surface area contributed by atoms with Crippen LogP contribution in [0.3, 0.4) is 0 Å². The number of halogens is 1. The smallest absolute Gasteiger partial charge is 0.296 e. The van der Waals surface area contributed by atoms with Crippen molar-refractivity contribution in [3.63, 3.8) is 0 Å². The molecule has 1 aromatic carbocycles. The van der Waals surface area contributed by atoms with Gasteiger partial charge in [0.1, 0.15) is 11.5 Å². The van der Waals surface area contributed by atoms with E-state index in [0.717, 1.165) is 27.6 Å². The first-order valence-electron chi connectivity index (χ1n) is 8.48. The summed E-state index contributed by atoms with van der Waals surface area (Å²) in [6.45, 7) is 1.50. The second kappa shape index (κ2) is 6.51. The second-order valence-corrected chi connectivity index (χ2v) is 6.46. The van der Waals surface area contributed by atoms with Gasteiger partial charge in [-0.05, 0) is 42.3 Å². The van der Waals surface area contributed by atoms with Gasteiger partial charge in [0.05, 0.1) is 18.3 Å². The maximum absolute atomic E-state index is 13.2. The third-order valence-electron chi connectivity index (χ3n) is 4.75. The molecule has 0 aliphatic carbocycles. The fourth-order valence-corrected chi connectivity index (χ4v) is 3.55. The van der Waals surface area contributed by atoms with E-state index in [1.54, 1.807) is 18.3 Å². The topological polar surface area (TPSA) is 70.4 Å². The molecule has 1 amide bonds. The van der Waals surface area contributed by atoms with Gasteiger partial charge in [0, 0.05) is 24.7 Å². The average Bonchev–Trinajstić information content (AvgIpc) is 2.98. The van der Waals surface area contributed by atoms with Crippen LogP contribution in [0.5, 0.6) is 0 Å². The van der Waals surface area contributed by atoms with Crippen LogP contribution in [0.4, 0.5) is 4.39 Å². The van der Waals surface area contributed by atoms with Crippen LogP contribution >= 0.6 is 0 Å². The van der Waals surface area contributed by atoms with Gasteiger partial charge in [-0.3, -0.25) is 10.0 Å². The summed E-state index contributed by atoms with van der Waals surface area (Å²) in [4.78, 5) is 16.5. The predicted octanol–water partition coefficient (Wildman–Crippen LogP) is 2.33. The highest BCUT2D eigenvalue weighted by atomic mass is 19.1. The third-order valence-corrected chi connectivity index (χ3v) is 4.75. The van der Waals surface area contributed by atoms with E-state index in [4.69, 9.17) is 0 Å². The Balaban J connectivity index is 1.85. The molecule has 0 saturated carbocycles. The molecule has 3 heterocycles. The number of carbonyl (C=O) groups excluding carboxylic acids is 1. The average molecular weight is 354 g/mol. The lowest BCUT2D eigenvalue weighted by Gasteiger charge is -2.23. The highest BCUT2D eigenvalue weighted by Gasteiger charge is 2.28. The van der Waals surface area contributed by atoms with Crippen molar-refractivity contribution in [3.8, 4) is 0 Å². The van der Waals surface area contributed by atoms with Crippen LogP contribution in [0.25, 0.3) is 10.9 Å². The maximum Gasteiger partial charge on any atom is 0.296 e. The lowest BCUT2D eigenvalue weighted by molar-refractivity contribution is -0.0606. The molecule has 0 bridgehead atoms. The first-order chi connectivity index (χ1) is 12.6. The Hall–Kier alpha value is -2.77. The summed E-state index contributed by atoms with van der Waals surface area (Å²) < 4.78 is 15.2. The van der Waals surface area contributed by atoms with E-state index in [1.165, 1.54) is 12.1 Å². The summed E-state index contributed by atoms with van der Waals surface area (Å²) in [6.07, 6.45) is 4.27. The Kier molecular flexibility index (Phi) is 4.18. The minimum Gasteiger partial charge on any atom is -0.341 e. The van der Waals surface area contributed by atoms with Crippen molar-refractivity contribution < 1.29 is 14.4 Å². The van der Waals surface area contributed by atoms with E-state index < -0.39 is 5.91 Å². The van der Waals surface area contributed by atoms with Gasteiger partial charge >= 0.3 is 0 Å². The van der Waals surface area contributed by atoms with Crippen LogP contribution in [0.15, 0.2) is 36.7 Å². The van der Waals surface area contributed by atoms with Crippen molar-refractivity contribution >= 4 is 16.8 Å². The molecule has 2 aromatic heterocycles. The van der Waals surface area contributed by atoms with Gasteiger partial charge in [-0.1, -0.05) is 12.1 Å². The Bertz CT molecular complexity index is 981. The van der Waals surface area contributed by atoms with Crippen molar-refractivity contribution in [2.24, 2.45) is 0 Å². The minimum absolute atomic E-state index is 0.259. The van der Waals surface area contributed by atoms with E-state index in [-0.39, 0.29) is 12.4 Å². The van der Waals surface area contributed by atoms with Gasteiger partial charge in [0.25, 0.3) is 5.91 Å². The van der Waals surface area contributed by atoms with Crippen LogP contribution in [0.2, 0.25) is 0 Å². The fraction of sp³-hybridized carbons (Fsp3) is 0.263. The van der Waals surface area contributed by atoms with E-state index in [9.17, 15) is 14.4 Å². The molecule has 134 valence electrons. The SMILES string of the molecule is CNCc1cn(Cc2ccc(F)cc2)c2cnc3c(c12)CCN(O)C3=O. The molecule has 0 unspecified atom stereocenters. The molecule has 6 nitrogen and oxygen atoms in total. The summed E-state index contributed by atoms with van der Waals surface area (Å²) >= 11 is 0. The maximum atomic E-state index is 13.2. The number of hydroxylamine groups is 2. The van der Waals surface area contributed by atoms with E-state index in [0.29, 0.717) is 30.3 Å². The number of pyridine rings is 1. The van der Waals surface area contributed by atoms with Crippen molar-refractivity contribution in [3.05, 3.63) is 64.9 Å². The van der Waals surface area contributed by atoms with E-state index in [2.05, 4.69) is 14.9 Å². The number of benzene rings is 1. The molecule has 0 spiro atoms. The first kappa shape index (κ1) is 16.7. The summed E-state index contributed by atoms with van der Waals surface area (Å²) in [5.41, 5.74) is 4.17. The quantitative estimate of drug-likeness (QED) is 0.706. The van der Waals surface area contributed by atoms with Crippen molar-refractivity contribution in [1.29, 1.82) is 0 Å². The Morgan fingerprint density at radius 2 is 2.08 bits per heavy atom. The number of nitrogens with zero attached hydrogens (tertiary/aromatic N) is 3. The van der Waals surface area contributed by atoms with Crippen molar-refractivity contribution in [2.45, 2.75) is 19.5 Å². The number of rotatable bonds is 4. The van der Waals surface area contributed by atoms with Gasteiger partial charge in [-0.15, -0.1) is 0 Å². The van der Waals surface area contributed by atoms with Gasteiger partial charge in [-0.2, -0.15) is 0 Å². The summed E-state index contributed by atoms with van der Waals surface area (Å²) in [5.74, 6) is -0.723. The molecule has 3 aromatic rings. The van der Waals surface area contributed by atoms with Gasteiger partial charge < -0.3 is 9.88 Å². The van der Waals surface area contributed by atoms with Gasteiger partial charge in [-0.25, -0.2) is 14.4 Å². The zero-order valence-electron chi connectivity index (χ0n) is 14.4.